The number of hydrogen-bond donors (Lipinski definition) is 2. The van der Waals surface area contributed by atoms with Crippen molar-refractivity contribution in [3.63, 3.8) is 0 Å². The van der Waals surface area contributed by atoms with Crippen LogP contribution in [0.3, 0.4) is 0 Å². The van der Waals surface area contributed by atoms with Gasteiger partial charge >= 0.3 is 5.97 Å². The number of carbonyl (C=O) groups is 1. The van der Waals surface area contributed by atoms with Crippen molar-refractivity contribution in [1.29, 1.82) is 0 Å². The van der Waals surface area contributed by atoms with E-state index in [0.717, 1.165) is 0 Å². The third-order valence-corrected chi connectivity index (χ3v) is 2.75. The van der Waals surface area contributed by atoms with Crippen LogP contribution in [0.5, 0.6) is 0 Å². The van der Waals surface area contributed by atoms with Crippen molar-refractivity contribution >= 4 is 35.7 Å². The summed E-state index contributed by atoms with van der Waals surface area (Å²) in [5, 5.41) is 9.12. The Hall–Kier alpha value is -0.170. The topological polar surface area (TPSA) is 55.8 Å². The summed E-state index contributed by atoms with van der Waals surface area (Å²) in [6.45, 7) is 3.68. The van der Waals surface area contributed by atoms with E-state index in [4.69, 9.17) is 26.8 Å². The average Bonchev–Trinajstić information content (AvgIpc) is 2.21. The SMILES string of the molecule is CC(=O)OC(CS)COCCC(=S)C(C)O. The zero-order valence-corrected chi connectivity index (χ0v) is 11.2. The number of aliphatic hydroxyl groups is 1. The van der Waals surface area contributed by atoms with Gasteiger partial charge in [-0.25, -0.2) is 0 Å². The fourth-order valence-corrected chi connectivity index (χ4v) is 1.22. The van der Waals surface area contributed by atoms with Crippen molar-refractivity contribution in [2.24, 2.45) is 0 Å². The van der Waals surface area contributed by atoms with E-state index in [1.807, 2.05) is 0 Å². The van der Waals surface area contributed by atoms with Gasteiger partial charge in [0.2, 0.25) is 0 Å². The second kappa shape index (κ2) is 8.92. The number of aliphatic hydroxyl groups excluding tert-OH is 1. The predicted octanol–water partition coefficient (Wildman–Crippen LogP) is 1.01. The maximum atomic E-state index is 10.7. The molecule has 4 nitrogen and oxygen atoms in total. The van der Waals surface area contributed by atoms with Gasteiger partial charge in [0, 0.05) is 24.0 Å². The lowest BCUT2D eigenvalue weighted by molar-refractivity contribution is -0.147. The van der Waals surface area contributed by atoms with Crippen LogP contribution < -0.4 is 0 Å². The molecule has 0 saturated carbocycles. The monoisotopic (exact) mass is 266 g/mol. The Morgan fingerprint density at radius 3 is 2.62 bits per heavy atom. The van der Waals surface area contributed by atoms with Crippen LogP contribution in [-0.4, -0.2) is 47.1 Å². The fourth-order valence-electron chi connectivity index (χ4n) is 0.955. The minimum absolute atomic E-state index is 0.297. The van der Waals surface area contributed by atoms with E-state index in [1.165, 1.54) is 6.92 Å². The first-order chi connectivity index (χ1) is 7.47. The quantitative estimate of drug-likeness (QED) is 0.297. The van der Waals surface area contributed by atoms with Crippen LogP contribution in [0.2, 0.25) is 0 Å². The molecule has 16 heavy (non-hydrogen) atoms. The summed E-state index contributed by atoms with van der Waals surface area (Å²) >= 11 is 8.97. The second-order valence-corrected chi connectivity index (χ2v) is 4.27. The van der Waals surface area contributed by atoms with Gasteiger partial charge in [0.05, 0.1) is 19.3 Å². The molecule has 0 aromatic carbocycles. The number of ether oxygens (including phenoxy) is 2. The minimum atomic E-state index is -0.590. The Kier molecular flexibility index (Phi) is 8.83. The van der Waals surface area contributed by atoms with Crippen molar-refractivity contribution in [2.75, 3.05) is 19.0 Å². The van der Waals surface area contributed by atoms with Gasteiger partial charge in [-0.3, -0.25) is 4.79 Å². The molecule has 0 radical (unpaired) electrons. The van der Waals surface area contributed by atoms with Crippen LogP contribution >= 0.6 is 24.8 Å². The predicted molar refractivity (Wildman–Crippen MR) is 69.1 cm³/mol. The van der Waals surface area contributed by atoms with Crippen LogP contribution in [0.25, 0.3) is 0 Å². The highest BCUT2D eigenvalue weighted by atomic mass is 32.1. The van der Waals surface area contributed by atoms with Crippen molar-refractivity contribution in [3.8, 4) is 0 Å². The van der Waals surface area contributed by atoms with Gasteiger partial charge in [-0.1, -0.05) is 12.2 Å². The molecular weight excluding hydrogens is 248 g/mol. The van der Waals surface area contributed by atoms with Gasteiger partial charge in [-0.05, 0) is 6.92 Å². The van der Waals surface area contributed by atoms with Crippen molar-refractivity contribution in [1.82, 2.24) is 0 Å². The molecule has 0 aromatic heterocycles. The summed E-state index contributed by atoms with van der Waals surface area (Å²) in [7, 11) is 0. The highest BCUT2D eigenvalue weighted by Crippen LogP contribution is 2.00. The number of thiocarbonyl (C=S) groups is 1. The van der Waals surface area contributed by atoms with Crippen LogP contribution in [0, 0.1) is 0 Å². The highest BCUT2D eigenvalue weighted by Gasteiger charge is 2.10. The third kappa shape index (κ3) is 8.04. The first-order valence-corrected chi connectivity index (χ1v) is 6.08. The maximum absolute atomic E-state index is 10.7. The molecule has 1 N–H and O–H groups in total. The molecule has 0 saturated heterocycles. The van der Waals surface area contributed by atoms with Crippen molar-refractivity contribution < 1.29 is 19.4 Å². The molecule has 0 amide bonds. The summed E-state index contributed by atoms with van der Waals surface area (Å²) in [6, 6.07) is 0. The Bertz CT molecular complexity index is 231. The molecule has 0 rings (SSSR count). The van der Waals surface area contributed by atoms with Crippen LogP contribution in [-0.2, 0) is 14.3 Å². The molecule has 2 unspecified atom stereocenters. The minimum Gasteiger partial charge on any atom is -0.459 e. The number of thiol groups is 1. The van der Waals surface area contributed by atoms with E-state index >= 15 is 0 Å². The third-order valence-electron chi connectivity index (χ3n) is 1.80. The molecule has 0 aliphatic heterocycles. The van der Waals surface area contributed by atoms with E-state index in [1.54, 1.807) is 6.92 Å². The van der Waals surface area contributed by atoms with Gasteiger partial charge in [0.25, 0.3) is 0 Å². The Morgan fingerprint density at radius 1 is 1.56 bits per heavy atom. The van der Waals surface area contributed by atoms with E-state index in [9.17, 15) is 4.79 Å². The number of carbonyl (C=O) groups excluding carboxylic acids is 1. The van der Waals surface area contributed by atoms with Crippen LogP contribution in [0.1, 0.15) is 20.3 Å². The average molecular weight is 266 g/mol. The number of rotatable bonds is 8. The van der Waals surface area contributed by atoms with Crippen LogP contribution in [0.15, 0.2) is 0 Å². The van der Waals surface area contributed by atoms with Crippen molar-refractivity contribution in [3.05, 3.63) is 0 Å². The molecule has 6 heteroatoms. The molecule has 0 fully saturated rings. The van der Waals surface area contributed by atoms with E-state index in [-0.39, 0.29) is 12.1 Å². The molecule has 0 spiro atoms. The lowest BCUT2D eigenvalue weighted by Crippen LogP contribution is -2.25. The van der Waals surface area contributed by atoms with Gasteiger partial charge in [0.15, 0.2) is 0 Å². The molecule has 2 atom stereocenters. The smallest absolute Gasteiger partial charge is 0.303 e. The molecule has 0 bridgehead atoms. The molecule has 0 aliphatic carbocycles. The summed E-state index contributed by atoms with van der Waals surface area (Å²) in [6.07, 6.45) is -0.402. The molecule has 94 valence electrons. The first kappa shape index (κ1) is 15.8. The molecule has 0 aliphatic rings. The van der Waals surface area contributed by atoms with Gasteiger partial charge in [-0.15, -0.1) is 0 Å². The molecule has 0 aromatic rings. The zero-order valence-electron chi connectivity index (χ0n) is 9.51. The zero-order chi connectivity index (χ0) is 12.6. The van der Waals surface area contributed by atoms with E-state index in [2.05, 4.69) is 12.6 Å². The summed E-state index contributed by atoms with van der Waals surface area (Å²) < 4.78 is 10.2. The Balaban J connectivity index is 3.63. The summed E-state index contributed by atoms with van der Waals surface area (Å²) in [4.78, 5) is 11.2. The Morgan fingerprint density at radius 2 is 2.19 bits per heavy atom. The van der Waals surface area contributed by atoms with Crippen molar-refractivity contribution in [2.45, 2.75) is 32.5 Å². The van der Waals surface area contributed by atoms with Gasteiger partial charge in [0.1, 0.15) is 6.10 Å². The largest absolute Gasteiger partial charge is 0.459 e. The molecular formula is C10H18O4S2. The lowest BCUT2D eigenvalue weighted by atomic mass is 10.2. The van der Waals surface area contributed by atoms with Gasteiger partial charge in [-0.2, -0.15) is 12.6 Å². The lowest BCUT2D eigenvalue weighted by Gasteiger charge is -2.15. The van der Waals surface area contributed by atoms with E-state index < -0.39 is 6.10 Å². The maximum Gasteiger partial charge on any atom is 0.303 e. The molecule has 0 heterocycles. The number of hydrogen-bond acceptors (Lipinski definition) is 6. The van der Waals surface area contributed by atoms with E-state index in [0.29, 0.717) is 30.3 Å². The second-order valence-electron chi connectivity index (χ2n) is 3.38. The Labute approximate surface area is 107 Å². The first-order valence-electron chi connectivity index (χ1n) is 5.04. The normalized spacial score (nSPS) is 14.2. The summed E-state index contributed by atoms with van der Waals surface area (Å²) in [5.41, 5.74) is 0. The highest BCUT2D eigenvalue weighted by molar-refractivity contribution is 7.80. The van der Waals surface area contributed by atoms with Gasteiger partial charge < -0.3 is 14.6 Å². The standard InChI is InChI=1S/C10H18O4S2/c1-7(11)10(16)3-4-13-5-9(6-15)14-8(2)12/h7,9,11,15H,3-6H2,1-2H3. The summed E-state index contributed by atoms with van der Waals surface area (Å²) in [5.74, 6) is 0.0719. The number of esters is 1. The fraction of sp³-hybridized carbons (Fsp3) is 0.800. The van der Waals surface area contributed by atoms with Crippen LogP contribution in [0.4, 0.5) is 0 Å².